The van der Waals surface area contributed by atoms with E-state index < -0.39 is 0 Å². The van der Waals surface area contributed by atoms with E-state index in [9.17, 15) is 4.79 Å². The molecular weight excluding hydrogens is 224 g/mol. The molecule has 3 heteroatoms. The molecule has 0 aromatic heterocycles. The molecule has 0 unspecified atom stereocenters. The van der Waals surface area contributed by atoms with Gasteiger partial charge in [-0.15, -0.1) is 0 Å². The third-order valence-corrected chi connectivity index (χ3v) is 2.92. The quantitative estimate of drug-likeness (QED) is 0.800. The Morgan fingerprint density at radius 1 is 1.44 bits per heavy atom. The average molecular weight is 244 g/mol. The highest BCUT2D eigenvalue weighted by Gasteiger charge is 2.23. The Kier molecular flexibility index (Phi) is 4.32. The van der Waals surface area contributed by atoms with E-state index in [0.717, 1.165) is 16.9 Å². The number of amides is 1. The number of benzene rings is 1. The number of hydrogen-bond donors (Lipinski definition) is 2. The fraction of sp³-hybridized carbons (Fsp3) is 0.267. The van der Waals surface area contributed by atoms with Crippen LogP contribution < -0.4 is 11.1 Å². The summed E-state index contributed by atoms with van der Waals surface area (Å²) >= 11 is 0. The first-order valence-electron chi connectivity index (χ1n) is 5.84. The van der Waals surface area contributed by atoms with Crippen molar-refractivity contribution >= 4 is 11.6 Å². The van der Waals surface area contributed by atoms with Gasteiger partial charge in [-0.1, -0.05) is 38.6 Å². The molecule has 0 saturated heterocycles. The summed E-state index contributed by atoms with van der Waals surface area (Å²) in [6.07, 6.45) is 3.47. The third-order valence-electron chi connectivity index (χ3n) is 2.92. The lowest BCUT2D eigenvalue weighted by molar-refractivity contribution is -0.114. The zero-order valence-corrected chi connectivity index (χ0v) is 11.2. The van der Waals surface area contributed by atoms with Crippen LogP contribution in [0.25, 0.3) is 0 Å². The van der Waals surface area contributed by atoms with Crippen molar-refractivity contribution in [3.8, 4) is 0 Å². The predicted octanol–water partition coefficient (Wildman–Crippen LogP) is 2.95. The Bertz CT molecular complexity index is 487. The highest BCUT2D eigenvalue weighted by molar-refractivity contribution is 5.88. The Morgan fingerprint density at radius 2 is 2.11 bits per heavy atom. The van der Waals surface area contributed by atoms with Crippen molar-refractivity contribution in [2.75, 3.05) is 5.32 Å². The maximum Gasteiger partial charge on any atom is 0.221 e. The Morgan fingerprint density at radius 3 is 2.67 bits per heavy atom. The summed E-state index contributed by atoms with van der Waals surface area (Å²) in [7, 11) is 0. The van der Waals surface area contributed by atoms with E-state index in [2.05, 4.69) is 11.9 Å². The van der Waals surface area contributed by atoms with E-state index in [0.29, 0.717) is 0 Å². The number of allylic oxidation sites excluding steroid dienone is 3. The number of anilines is 1. The van der Waals surface area contributed by atoms with Crippen molar-refractivity contribution in [1.29, 1.82) is 0 Å². The van der Waals surface area contributed by atoms with Crippen LogP contribution >= 0.6 is 0 Å². The van der Waals surface area contributed by atoms with Gasteiger partial charge >= 0.3 is 0 Å². The fourth-order valence-electron chi connectivity index (χ4n) is 1.69. The van der Waals surface area contributed by atoms with Gasteiger partial charge < -0.3 is 11.1 Å². The molecule has 0 spiro atoms. The SMILES string of the molecule is C=C/C=C(\N)C(C)(C)c1cccc(NC(C)=O)c1. The number of nitrogens with one attached hydrogen (secondary N) is 1. The minimum absolute atomic E-state index is 0.0837. The Balaban J connectivity index is 3.12. The molecule has 18 heavy (non-hydrogen) atoms. The van der Waals surface area contributed by atoms with Gasteiger partial charge in [0, 0.05) is 23.7 Å². The molecule has 3 N–H and O–H groups in total. The number of rotatable bonds is 4. The van der Waals surface area contributed by atoms with Gasteiger partial charge in [-0.25, -0.2) is 0 Å². The largest absolute Gasteiger partial charge is 0.401 e. The highest BCUT2D eigenvalue weighted by atomic mass is 16.1. The van der Waals surface area contributed by atoms with Crippen molar-refractivity contribution < 1.29 is 4.79 Å². The van der Waals surface area contributed by atoms with Crippen molar-refractivity contribution in [2.45, 2.75) is 26.2 Å². The summed E-state index contributed by atoms with van der Waals surface area (Å²) in [5.74, 6) is -0.0837. The molecule has 1 aromatic carbocycles. The first-order valence-corrected chi connectivity index (χ1v) is 5.84. The molecule has 0 aliphatic heterocycles. The first kappa shape index (κ1) is 14.0. The molecule has 0 atom stereocenters. The molecule has 0 aliphatic carbocycles. The van der Waals surface area contributed by atoms with Gasteiger partial charge in [0.05, 0.1) is 0 Å². The number of carbonyl (C=O) groups excluding carboxylic acids is 1. The number of nitrogens with two attached hydrogens (primary N) is 1. The van der Waals surface area contributed by atoms with E-state index in [4.69, 9.17) is 5.73 Å². The highest BCUT2D eigenvalue weighted by Crippen LogP contribution is 2.30. The molecule has 1 aromatic rings. The van der Waals surface area contributed by atoms with E-state index >= 15 is 0 Å². The summed E-state index contributed by atoms with van der Waals surface area (Å²) in [5.41, 5.74) is 8.30. The standard InChI is InChI=1S/C15H20N2O/c1-5-7-14(16)15(3,4)12-8-6-9-13(10-12)17-11(2)18/h5-10H,1,16H2,2-4H3,(H,17,18)/b14-7-. The monoisotopic (exact) mass is 244 g/mol. The second-order valence-corrected chi connectivity index (χ2v) is 4.74. The van der Waals surface area contributed by atoms with Crippen molar-refractivity contribution in [3.63, 3.8) is 0 Å². The molecule has 1 amide bonds. The fourth-order valence-corrected chi connectivity index (χ4v) is 1.69. The smallest absolute Gasteiger partial charge is 0.221 e. The van der Waals surface area contributed by atoms with Crippen LogP contribution in [0.5, 0.6) is 0 Å². The molecule has 3 nitrogen and oxygen atoms in total. The minimum atomic E-state index is -0.303. The second kappa shape index (κ2) is 5.54. The van der Waals surface area contributed by atoms with E-state index in [1.165, 1.54) is 6.92 Å². The van der Waals surface area contributed by atoms with Crippen molar-refractivity contribution in [2.24, 2.45) is 5.73 Å². The van der Waals surface area contributed by atoms with Crippen LogP contribution in [0.3, 0.4) is 0 Å². The lowest BCUT2D eigenvalue weighted by atomic mass is 9.81. The lowest BCUT2D eigenvalue weighted by Gasteiger charge is -2.26. The summed E-state index contributed by atoms with van der Waals surface area (Å²) in [4.78, 5) is 11.1. The van der Waals surface area contributed by atoms with Gasteiger partial charge in [0.1, 0.15) is 0 Å². The van der Waals surface area contributed by atoms with E-state index in [1.54, 1.807) is 12.2 Å². The Hall–Kier alpha value is -2.03. The van der Waals surface area contributed by atoms with Crippen LogP contribution in [-0.4, -0.2) is 5.91 Å². The van der Waals surface area contributed by atoms with Gasteiger partial charge in [0.2, 0.25) is 5.91 Å². The molecule has 0 fully saturated rings. The Labute approximate surface area is 108 Å². The molecule has 0 heterocycles. The van der Waals surface area contributed by atoms with Gasteiger partial charge in [0.25, 0.3) is 0 Å². The van der Waals surface area contributed by atoms with Crippen LogP contribution in [0.4, 0.5) is 5.69 Å². The summed E-state index contributed by atoms with van der Waals surface area (Å²) < 4.78 is 0. The van der Waals surface area contributed by atoms with Crippen LogP contribution in [0.2, 0.25) is 0 Å². The molecule has 1 rings (SSSR count). The van der Waals surface area contributed by atoms with Gasteiger partial charge in [-0.2, -0.15) is 0 Å². The maximum absolute atomic E-state index is 11.1. The van der Waals surface area contributed by atoms with Crippen molar-refractivity contribution in [3.05, 3.63) is 54.3 Å². The third kappa shape index (κ3) is 3.23. The summed E-state index contributed by atoms with van der Waals surface area (Å²) in [5, 5.41) is 2.77. The first-order chi connectivity index (χ1) is 8.37. The van der Waals surface area contributed by atoms with Crippen LogP contribution in [0.1, 0.15) is 26.3 Å². The van der Waals surface area contributed by atoms with Gasteiger partial charge in [0.15, 0.2) is 0 Å². The molecular formula is C15H20N2O. The van der Waals surface area contributed by atoms with Crippen LogP contribution in [0, 0.1) is 0 Å². The summed E-state index contributed by atoms with van der Waals surface area (Å²) in [6.45, 7) is 9.22. The average Bonchev–Trinajstić information content (AvgIpc) is 2.28. The molecule has 0 saturated carbocycles. The molecule has 0 bridgehead atoms. The number of hydrogen-bond acceptors (Lipinski definition) is 2. The zero-order valence-electron chi connectivity index (χ0n) is 11.2. The maximum atomic E-state index is 11.1. The molecule has 0 aliphatic rings. The normalized spacial score (nSPS) is 12.1. The van der Waals surface area contributed by atoms with E-state index in [-0.39, 0.29) is 11.3 Å². The van der Waals surface area contributed by atoms with Gasteiger partial charge in [-0.05, 0) is 23.8 Å². The topological polar surface area (TPSA) is 55.1 Å². The lowest BCUT2D eigenvalue weighted by Crippen LogP contribution is -2.26. The zero-order chi connectivity index (χ0) is 13.8. The number of carbonyl (C=O) groups is 1. The minimum Gasteiger partial charge on any atom is -0.401 e. The molecule has 96 valence electrons. The van der Waals surface area contributed by atoms with Gasteiger partial charge in [-0.3, -0.25) is 4.79 Å². The van der Waals surface area contributed by atoms with Crippen LogP contribution in [-0.2, 0) is 10.2 Å². The predicted molar refractivity (Wildman–Crippen MR) is 76.2 cm³/mol. The second-order valence-electron chi connectivity index (χ2n) is 4.74. The summed E-state index contributed by atoms with van der Waals surface area (Å²) in [6, 6.07) is 7.69. The molecule has 0 radical (unpaired) electrons. The van der Waals surface area contributed by atoms with E-state index in [1.807, 2.05) is 38.1 Å². The van der Waals surface area contributed by atoms with Crippen LogP contribution in [0.15, 0.2) is 48.7 Å². The van der Waals surface area contributed by atoms with Crippen molar-refractivity contribution in [1.82, 2.24) is 0 Å².